The van der Waals surface area contributed by atoms with Crippen molar-refractivity contribution in [1.29, 1.82) is 0 Å². The molecule has 1 rings (SSSR count). The highest BCUT2D eigenvalue weighted by atomic mass is 16.5. The van der Waals surface area contributed by atoms with Crippen LogP contribution in [-0.4, -0.2) is 18.7 Å². The Bertz CT molecular complexity index is 233. The van der Waals surface area contributed by atoms with E-state index in [9.17, 15) is 0 Å². The molecule has 1 heterocycles. The fourth-order valence-electron chi connectivity index (χ4n) is 0.964. The van der Waals surface area contributed by atoms with Gasteiger partial charge in [-0.25, -0.2) is 0 Å². The average Bonchev–Trinajstić information content (AvgIpc) is 2.06. The lowest BCUT2D eigenvalue weighted by Crippen LogP contribution is -2.17. The van der Waals surface area contributed by atoms with Gasteiger partial charge in [-0.15, -0.1) is 0 Å². The van der Waals surface area contributed by atoms with Crippen LogP contribution in [0.2, 0.25) is 0 Å². The van der Waals surface area contributed by atoms with E-state index in [1.807, 2.05) is 25.3 Å². The third-order valence-electron chi connectivity index (χ3n) is 1.66. The van der Waals surface area contributed by atoms with Gasteiger partial charge in [-0.3, -0.25) is 4.98 Å². The number of ether oxygens (including phenoxy) is 1. The molecule has 2 N–H and O–H groups in total. The summed E-state index contributed by atoms with van der Waals surface area (Å²) in [6.45, 7) is 2.51. The molecule has 0 aliphatic heterocycles. The highest BCUT2D eigenvalue weighted by Gasteiger charge is 2.05. The number of aromatic nitrogens is 1. The van der Waals surface area contributed by atoms with Gasteiger partial charge < -0.3 is 10.5 Å². The smallest absolute Gasteiger partial charge is 0.0707 e. The molecule has 12 heavy (non-hydrogen) atoms. The Labute approximate surface area is 72.6 Å². The van der Waals surface area contributed by atoms with Crippen molar-refractivity contribution in [1.82, 2.24) is 4.98 Å². The summed E-state index contributed by atoms with van der Waals surface area (Å²) in [5, 5.41) is 0. The Balaban J connectivity index is 2.68. The fourth-order valence-corrected chi connectivity index (χ4v) is 0.964. The lowest BCUT2D eigenvalue weighted by molar-refractivity contribution is 0.179. The Morgan fingerprint density at radius 3 is 2.83 bits per heavy atom. The Hall–Kier alpha value is -0.930. The van der Waals surface area contributed by atoms with Gasteiger partial charge in [0.1, 0.15) is 0 Å². The van der Waals surface area contributed by atoms with Crippen LogP contribution in [0.3, 0.4) is 0 Å². The Morgan fingerprint density at radius 2 is 2.33 bits per heavy atom. The first kappa shape index (κ1) is 9.16. The van der Waals surface area contributed by atoms with Crippen LogP contribution in [-0.2, 0) is 4.74 Å². The van der Waals surface area contributed by atoms with E-state index < -0.39 is 0 Å². The van der Waals surface area contributed by atoms with Crippen molar-refractivity contribution in [3.63, 3.8) is 0 Å². The molecule has 1 aromatic rings. The van der Waals surface area contributed by atoms with Gasteiger partial charge >= 0.3 is 0 Å². The summed E-state index contributed by atoms with van der Waals surface area (Å²) in [4.78, 5) is 4.19. The molecule has 1 aromatic heterocycles. The number of pyridine rings is 1. The number of nitrogens with zero attached hydrogens (tertiary/aromatic N) is 1. The van der Waals surface area contributed by atoms with Crippen LogP contribution in [0.4, 0.5) is 0 Å². The molecular weight excluding hydrogens is 152 g/mol. The summed E-state index contributed by atoms with van der Waals surface area (Å²) in [5.74, 6) is 0. The van der Waals surface area contributed by atoms with Crippen molar-refractivity contribution in [2.24, 2.45) is 5.73 Å². The SMILES string of the molecule is COC[C@H](N)c1ccc(C)cn1. The third kappa shape index (κ3) is 2.29. The highest BCUT2D eigenvalue weighted by Crippen LogP contribution is 2.07. The maximum absolute atomic E-state index is 5.77. The number of aryl methyl sites for hydroxylation is 1. The normalized spacial score (nSPS) is 12.9. The topological polar surface area (TPSA) is 48.1 Å². The zero-order valence-corrected chi connectivity index (χ0v) is 7.45. The van der Waals surface area contributed by atoms with Gasteiger partial charge in [0.25, 0.3) is 0 Å². The Morgan fingerprint density at radius 1 is 1.58 bits per heavy atom. The van der Waals surface area contributed by atoms with Crippen molar-refractivity contribution < 1.29 is 4.74 Å². The average molecular weight is 166 g/mol. The van der Waals surface area contributed by atoms with Gasteiger partial charge in [0, 0.05) is 13.3 Å². The van der Waals surface area contributed by atoms with Gasteiger partial charge in [-0.05, 0) is 18.6 Å². The minimum Gasteiger partial charge on any atom is -0.383 e. The molecule has 0 saturated carbocycles. The van der Waals surface area contributed by atoms with E-state index in [1.165, 1.54) is 0 Å². The molecule has 1 atom stereocenters. The zero-order valence-electron chi connectivity index (χ0n) is 7.45. The van der Waals surface area contributed by atoms with Crippen molar-refractivity contribution >= 4 is 0 Å². The molecule has 3 nitrogen and oxygen atoms in total. The fraction of sp³-hybridized carbons (Fsp3) is 0.444. The molecule has 0 amide bonds. The van der Waals surface area contributed by atoms with Crippen LogP contribution in [0.1, 0.15) is 17.3 Å². The molecule has 0 aliphatic carbocycles. The van der Waals surface area contributed by atoms with Crippen LogP contribution in [0.5, 0.6) is 0 Å². The summed E-state index contributed by atoms with van der Waals surface area (Å²) in [5.41, 5.74) is 7.79. The summed E-state index contributed by atoms with van der Waals surface area (Å²) in [6, 6.07) is 3.81. The summed E-state index contributed by atoms with van der Waals surface area (Å²) in [6.07, 6.45) is 1.81. The molecule has 0 aliphatic rings. The molecule has 0 radical (unpaired) electrons. The van der Waals surface area contributed by atoms with E-state index >= 15 is 0 Å². The molecule has 0 bridgehead atoms. The molecule has 66 valence electrons. The first-order chi connectivity index (χ1) is 5.74. The second-order valence-corrected chi connectivity index (χ2v) is 2.82. The van der Waals surface area contributed by atoms with Gasteiger partial charge in [0.2, 0.25) is 0 Å². The number of hydrogen-bond acceptors (Lipinski definition) is 3. The van der Waals surface area contributed by atoms with E-state index in [2.05, 4.69) is 4.98 Å². The summed E-state index contributed by atoms with van der Waals surface area (Å²) in [7, 11) is 1.63. The summed E-state index contributed by atoms with van der Waals surface area (Å²) >= 11 is 0. The molecule has 0 fully saturated rings. The number of rotatable bonds is 3. The second-order valence-electron chi connectivity index (χ2n) is 2.82. The minimum absolute atomic E-state index is 0.115. The summed E-state index contributed by atoms with van der Waals surface area (Å²) < 4.78 is 4.92. The van der Waals surface area contributed by atoms with Gasteiger partial charge in [0.05, 0.1) is 18.3 Å². The lowest BCUT2D eigenvalue weighted by Gasteiger charge is -2.09. The maximum atomic E-state index is 5.77. The molecule has 0 aromatic carbocycles. The van der Waals surface area contributed by atoms with Crippen LogP contribution < -0.4 is 5.73 Å². The maximum Gasteiger partial charge on any atom is 0.0707 e. The van der Waals surface area contributed by atoms with Crippen LogP contribution in [0, 0.1) is 6.92 Å². The molecule has 3 heteroatoms. The third-order valence-corrected chi connectivity index (χ3v) is 1.66. The predicted octanol–water partition coefficient (Wildman–Crippen LogP) is 1.04. The zero-order chi connectivity index (χ0) is 8.97. The first-order valence-corrected chi connectivity index (χ1v) is 3.91. The van der Waals surface area contributed by atoms with Gasteiger partial charge in [0.15, 0.2) is 0 Å². The highest BCUT2D eigenvalue weighted by molar-refractivity contribution is 5.14. The monoisotopic (exact) mass is 166 g/mol. The van der Waals surface area contributed by atoms with Crippen LogP contribution in [0.25, 0.3) is 0 Å². The molecule has 0 saturated heterocycles. The largest absolute Gasteiger partial charge is 0.383 e. The standard InChI is InChI=1S/C9H14N2O/c1-7-3-4-9(11-5-7)8(10)6-12-2/h3-5,8H,6,10H2,1-2H3/t8-/m0/s1. The van der Waals surface area contributed by atoms with Crippen LogP contribution >= 0.6 is 0 Å². The molecule has 0 unspecified atom stereocenters. The number of methoxy groups -OCH3 is 1. The molecule has 0 spiro atoms. The van der Waals surface area contributed by atoms with E-state index in [0.717, 1.165) is 11.3 Å². The van der Waals surface area contributed by atoms with Crippen molar-refractivity contribution in [3.8, 4) is 0 Å². The number of hydrogen-bond donors (Lipinski definition) is 1. The second kappa shape index (κ2) is 4.18. The van der Waals surface area contributed by atoms with E-state index in [1.54, 1.807) is 7.11 Å². The Kier molecular flexibility index (Phi) is 3.19. The van der Waals surface area contributed by atoms with Gasteiger partial charge in [-0.2, -0.15) is 0 Å². The van der Waals surface area contributed by atoms with Crippen molar-refractivity contribution in [2.75, 3.05) is 13.7 Å². The van der Waals surface area contributed by atoms with E-state index in [-0.39, 0.29) is 6.04 Å². The van der Waals surface area contributed by atoms with Crippen molar-refractivity contribution in [2.45, 2.75) is 13.0 Å². The molecular formula is C9H14N2O. The number of nitrogens with two attached hydrogens (primary N) is 1. The lowest BCUT2D eigenvalue weighted by atomic mass is 10.2. The van der Waals surface area contributed by atoms with Crippen LogP contribution in [0.15, 0.2) is 18.3 Å². The quantitative estimate of drug-likeness (QED) is 0.729. The van der Waals surface area contributed by atoms with E-state index in [4.69, 9.17) is 10.5 Å². The minimum atomic E-state index is -0.115. The van der Waals surface area contributed by atoms with E-state index in [0.29, 0.717) is 6.61 Å². The van der Waals surface area contributed by atoms with Crippen molar-refractivity contribution in [3.05, 3.63) is 29.6 Å². The van der Waals surface area contributed by atoms with Gasteiger partial charge in [-0.1, -0.05) is 6.07 Å². The first-order valence-electron chi connectivity index (χ1n) is 3.91. The predicted molar refractivity (Wildman–Crippen MR) is 47.8 cm³/mol.